The number of hydrogen-bond acceptors (Lipinski definition) is 5. The normalized spacial score (nSPS) is 12.1. The van der Waals surface area contributed by atoms with E-state index < -0.39 is 15.9 Å². The molecule has 0 spiro atoms. The van der Waals surface area contributed by atoms with E-state index >= 15 is 0 Å². The van der Waals surface area contributed by atoms with Gasteiger partial charge < -0.3 is 5.73 Å². The number of nitrogen functional groups attached to an aromatic ring is 1. The molecule has 7 nitrogen and oxygen atoms in total. The van der Waals surface area contributed by atoms with Crippen LogP contribution in [0, 0.1) is 20.8 Å². The second-order valence-corrected chi connectivity index (χ2v) is 10.9. The lowest BCUT2D eigenvalue weighted by Crippen LogP contribution is -2.32. The molecule has 1 amide bonds. The third-order valence-corrected chi connectivity index (χ3v) is 6.69. The van der Waals surface area contributed by atoms with Gasteiger partial charge in [-0.3, -0.25) is 9.48 Å². The average molecular weight is 455 g/mol. The van der Waals surface area contributed by atoms with Crippen molar-refractivity contribution in [2.75, 3.05) is 5.73 Å². The van der Waals surface area contributed by atoms with Crippen LogP contribution >= 0.6 is 0 Å². The smallest absolute Gasteiger partial charge is 0.283 e. The fourth-order valence-electron chi connectivity index (χ4n) is 3.58. The summed E-state index contributed by atoms with van der Waals surface area (Å²) in [6.07, 6.45) is 0. The lowest BCUT2D eigenvalue weighted by atomic mass is 9.92. The van der Waals surface area contributed by atoms with Crippen molar-refractivity contribution in [3.8, 4) is 0 Å². The predicted molar refractivity (Wildman–Crippen MR) is 126 cm³/mol. The molecule has 0 aliphatic heterocycles. The quantitative estimate of drug-likeness (QED) is 0.570. The monoisotopic (exact) mass is 454 g/mol. The molecule has 0 unspecified atom stereocenters. The van der Waals surface area contributed by atoms with Gasteiger partial charge in [0.25, 0.3) is 15.9 Å². The molecule has 0 fully saturated rings. The third-order valence-electron chi connectivity index (χ3n) is 5.35. The Morgan fingerprint density at radius 3 is 2.12 bits per heavy atom. The molecule has 1 aromatic heterocycles. The predicted octanol–water partition coefficient (Wildman–Crippen LogP) is 3.86. The number of hydrogen-bond donors (Lipinski definition) is 2. The highest BCUT2D eigenvalue weighted by Crippen LogP contribution is 2.24. The first-order valence-corrected chi connectivity index (χ1v) is 11.8. The molecule has 1 heterocycles. The van der Waals surface area contributed by atoms with E-state index in [9.17, 15) is 13.2 Å². The Labute approximate surface area is 189 Å². The van der Waals surface area contributed by atoms with E-state index in [1.54, 1.807) is 10.7 Å². The van der Waals surface area contributed by atoms with Gasteiger partial charge in [-0.25, -0.2) is 13.1 Å². The van der Waals surface area contributed by atoms with E-state index in [1.165, 1.54) is 24.3 Å². The first-order chi connectivity index (χ1) is 14.8. The Morgan fingerprint density at radius 1 is 1.03 bits per heavy atom. The first kappa shape index (κ1) is 23.5. The summed E-state index contributed by atoms with van der Waals surface area (Å²) in [6, 6.07) is 11.5. The first-order valence-electron chi connectivity index (χ1n) is 10.4. The van der Waals surface area contributed by atoms with Gasteiger partial charge in [0.1, 0.15) is 5.69 Å². The number of sulfonamides is 1. The molecule has 0 aliphatic carbocycles. The molecule has 3 aromatic rings. The molecule has 3 rings (SSSR count). The number of benzene rings is 2. The third kappa shape index (κ3) is 5.02. The summed E-state index contributed by atoms with van der Waals surface area (Å²) in [7, 11) is -4.06. The second kappa shape index (κ2) is 8.43. The van der Waals surface area contributed by atoms with Gasteiger partial charge >= 0.3 is 0 Å². The molecule has 0 radical (unpaired) electrons. The van der Waals surface area contributed by atoms with Crippen LogP contribution in [0.1, 0.15) is 59.2 Å². The van der Waals surface area contributed by atoms with Crippen molar-refractivity contribution in [2.24, 2.45) is 0 Å². The van der Waals surface area contributed by atoms with Crippen LogP contribution in [-0.4, -0.2) is 24.1 Å². The standard InChI is InChI=1S/C24H30N4O3S/c1-15-11-16(2)20(17(3)12-15)14-28-21(13-22(26-28)24(4,5)6)23(29)27-32(30,31)19-9-7-18(25)8-10-19/h7-13H,14,25H2,1-6H3,(H,27,29). The number of carbonyl (C=O) groups excluding carboxylic acids is 1. The van der Waals surface area contributed by atoms with Crippen LogP contribution in [-0.2, 0) is 22.0 Å². The van der Waals surface area contributed by atoms with Crippen molar-refractivity contribution in [3.05, 3.63) is 76.1 Å². The number of carbonyl (C=O) groups is 1. The van der Waals surface area contributed by atoms with Gasteiger partial charge in [0, 0.05) is 11.1 Å². The second-order valence-electron chi connectivity index (χ2n) is 9.20. The van der Waals surface area contributed by atoms with Gasteiger partial charge in [-0.05, 0) is 67.8 Å². The van der Waals surface area contributed by atoms with Crippen LogP contribution in [0.15, 0.2) is 47.4 Å². The van der Waals surface area contributed by atoms with E-state index in [2.05, 4.69) is 22.0 Å². The molecule has 32 heavy (non-hydrogen) atoms. The number of nitrogens with one attached hydrogen (secondary N) is 1. The number of amides is 1. The lowest BCUT2D eigenvalue weighted by molar-refractivity contribution is 0.0971. The molecule has 3 N–H and O–H groups in total. The molecular weight excluding hydrogens is 424 g/mol. The summed E-state index contributed by atoms with van der Waals surface area (Å²) < 4.78 is 29.2. The molecule has 0 saturated carbocycles. The van der Waals surface area contributed by atoms with E-state index in [-0.39, 0.29) is 16.0 Å². The molecular formula is C24H30N4O3S. The molecule has 0 aliphatic rings. The number of rotatable bonds is 5. The summed E-state index contributed by atoms with van der Waals surface area (Å²) in [5, 5.41) is 4.66. The summed E-state index contributed by atoms with van der Waals surface area (Å²) in [5.41, 5.74) is 11.1. The van der Waals surface area contributed by atoms with Crippen molar-refractivity contribution in [3.63, 3.8) is 0 Å². The maximum atomic E-state index is 13.1. The molecule has 170 valence electrons. The fraction of sp³-hybridized carbons (Fsp3) is 0.333. The van der Waals surface area contributed by atoms with Crippen molar-refractivity contribution in [1.82, 2.24) is 14.5 Å². The van der Waals surface area contributed by atoms with Crippen LogP contribution in [0.4, 0.5) is 5.69 Å². The summed E-state index contributed by atoms with van der Waals surface area (Å²) >= 11 is 0. The minimum absolute atomic E-state index is 0.0348. The van der Waals surface area contributed by atoms with E-state index in [0.29, 0.717) is 17.9 Å². The highest BCUT2D eigenvalue weighted by Gasteiger charge is 2.26. The van der Waals surface area contributed by atoms with Crippen LogP contribution < -0.4 is 10.5 Å². The highest BCUT2D eigenvalue weighted by molar-refractivity contribution is 7.90. The topological polar surface area (TPSA) is 107 Å². The number of nitrogens with two attached hydrogens (primary N) is 1. The van der Waals surface area contributed by atoms with Crippen LogP contribution in [0.5, 0.6) is 0 Å². The van der Waals surface area contributed by atoms with Gasteiger partial charge in [-0.2, -0.15) is 5.10 Å². The number of aromatic nitrogens is 2. The Hall–Kier alpha value is -3.13. The molecule has 8 heteroatoms. The van der Waals surface area contributed by atoms with Crippen molar-refractivity contribution >= 4 is 21.6 Å². The zero-order valence-corrected chi connectivity index (χ0v) is 20.2. The van der Waals surface area contributed by atoms with Gasteiger partial charge in [-0.15, -0.1) is 0 Å². The van der Waals surface area contributed by atoms with Crippen molar-refractivity contribution in [2.45, 2.75) is 58.4 Å². The van der Waals surface area contributed by atoms with E-state index in [4.69, 9.17) is 5.73 Å². The van der Waals surface area contributed by atoms with Crippen molar-refractivity contribution in [1.29, 1.82) is 0 Å². The summed E-state index contributed by atoms with van der Waals surface area (Å²) in [6.45, 7) is 12.4. The maximum absolute atomic E-state index is 13.1. The van der Waals surface area contributed by atoms with Gasteiger partial charge in [0.2, 0.25) is 0 Å². The zero-order chi connectivity index (χ0) is 23.8. The van der Waals surface area contributed by atoms with Crippen molar-refractivity contribution < 1.29 is 13.2 Å². The Kier molecular flexibility index (Phi) is 6.20. The van der Waals surface area contributed by atoms with Crippen LogP contribution in [0.2, 0.25) is 0 Å². The Morgan fingerprint density at radius 2 is 1.59 bits per heavy atom. The average Bonchev–Trinajstić information content (AvgIpc) is 3.09. The van der Waals surface area contributed by atoms with Crippen LogP contribution in [0.25, 0.3) is 0 Å². The summed E-state index contributed by atoms with van der Waals surface area (Å²) in [5.74, 6) is -0.729. The highest BCUT2D eigenvalue weighted by atomic mass is 32.2. The number of aryl methyl sites for hydroxylation is 3. The Balaban J connectivity index is 2.01. The largest absolute Gasteiger partial charge is 0.399 e. The Bertz CT molecular complexity index is 1240. The zero-order valence-electron chi connectivity index (χ0n) is 19.4. The minimum Gasteiger partial charge on any atom is -0.399 e. The van der Waals surface area contributed by atoms with E-state index in [1.807, 2.05) is 41.5 Å². The summed E-state index contributed by atoms with van der Waals surface area (Å²) in [4.78, 5) is 13.1. The molecule has 0 bridgehead atoms. The van der Waals surface area contributed by atoms with Gasteiger partial charge in [-0.1, -0.05) is 38.5 Å². The van der Waals surface area contributed by atoms with Crippen LogP contribution in [0.3, 0.4) is 0 Å². The van der Waals surface area contributed by atoms with Gasteiger partial charge in [0.15, 0.2) is 0 Å². The molecule has 0 saturated heterocycles. The SMILES string of the molecule is Cc1cc(C)c(Cn2nc(C(C)(C)C)cc2C(=O)NS(=O)(=O)c2ccc(N)cc2)c(C)c1. The fourth-order valence-corrected chi connectivity index (χ4v) is 4.54. The lowest BCUT2D eigenvalue weighted by Gasteiger charge is -2.15. The molecule has 2 aromatic carbocycles. The number of nitrogens with zero attached hydrogens (tertiary/aromatic N) is 2. The van der Waals surface area contributed by atoms with Gasteiger partial charge in [0.05, 0.1) is 17.1 Å². The minimum atomic E-state index is -4.06. The van der Waals surface area contributed by atoms with E-state index in [0.717, 1.165) is 22.3 Å². The maximum Gasteiger partial charge on any atom is 0.283 e. The number of anilines is 1. The molecule has 0 atom stereocenters.